The van der Waals surface area contributed by atoms with Crippen molar-refractivity contribution in [2.45, 2.75) is 20.3 Å². The van der Waals surface area contributed by atoms with Crippen molar-refractivity contribution in [3.8, 4) is 39.1 Å². The third kappa shape index (κ3) is 4.84. The first-order valence-electron chi connectivity index (χ1n) is 10.8. The summed E-state index contributed by atoms with van der Waals surface area (Å²) >= 11 is 6.54. The Morgan fingerprint density at radius 3 is 1.71 bits per heavy atom. The zero-order valence-electron chi connectivity index (χ0n) is 18.0. The molecule has 1 atom stereocenters. The van der Waals surface area contributed by atoms with Gasteiger partial charge in [-0.15, -0.1) is 0 Å². The maximum atomic E-state index is 6.54. The number of hydrogen-bond acceptors (Lipinski definition) is 1. The van der Waals surface area contributed by atoms with Gasteiger partial charge in [-0.25, -0.2) is 0 Å². The Morgan fingerprint density at radius 2 is 1.13 bits per heavy atom. The molecule has 0 aliphatic rings. The van der Waals surface area contributed by atoms with Gasteiger partial charge in [0, 0.05) is 10.6 Å². The minimum absolute atomic E-state index is 0.557. The van der Waals surface area contributed by atoms with Crippen molar-refractivity contribution >= 4 is 11.6 Å². The molecule has 0 N–H and O–H groups in total. The fourth-order valence-corrected chi connectivity index (χ4v) is 3.93. The van der Waals surface area contributed by atoms with Gasteiger partial charge in [0.25, 0.3) is 0 Å². The molecule has 4 aromatic carbocycles. The molecule has 156 valence electrons. The largest absolute Gasteiger partial charge is 0.493 e. The quantitative estimate of drug-likeness (QED) is 0.287. The summed E-state index contributed by atoms with van der Waals surface area (Å²) in [6.07, 6.45) is 1.12. The van der Waals surface area contributed by atoms with E-state index in [0.29, 0.717) is 5.92 Å². The Balaban J connectivity index is 1.72. The fraction of sp³-hybridized carbons (Fsp3) is 0.172. The van der Waals surface area contributed by atoms with Gasteiger partial charge in [-0.1, -0.05) is 111 Å². The van der Waals surface area contributed by atoms with E-state index in [2.05, 4.69) is 92.7 Å². The molecule has 1 nitrogen and oxygen atoms in total. The van der Waals surface area contributed by atoms with Crippen molar-refractivity contribution in [2.75, 3.05) is 6.61 Å². The highest BCUT2D eigenvalue weighted by atomic mass is 35.5. The zero-order valence-corrected chi connectivity index (χ0v) is 18.8. The lowest BCUT2D eigenvalue weighted by molar-refractivity contribution is 0.256. The molecule has 1 unspecified atom stereocenters. The van der Waals surface area contributed by atoms with Crippen LogP contribution < -0.4 is 4.74 Å². The fourth-order valence-electron chi connectivity index (χ4n) is 3.69. The summed E-state index contributed by atoms with van der Waals surface area (Å²) < 4.78 is 5.94. The Morgan fingerprint density at radius 1 is 0.645 bits per heavy atom. The molecule has 0 saturated heterocycles. The maximum Gasteiger partial charge on any atom is 0.119 e. The zero-order chi connectivity index (χ0) is 21.6. The van der Waals surface area contributed by atoms with Gasteiger partial charge in [0.05, 0.1) is 6.61 Å². The number of rotatable bonds is 7. The summed E-state index contributed by atoms with van der Waals surface area (Å²) in [5.74, 6) is 1.47. The molecule has 0 heterocycles. The van der Waals surface area contributed by atoms with Crippen LogP contribution in [0.25, 0.3) is 33.4 Å². The van der Waals surface area contributed by atoms with Crippen molar-refractivity contribution in [1.29, 1.82) is 0 Å². The van der Waals surface area contributed by atoms with E-state index in [4.69, 9.17) is 16.3 Å². The van der Waals surface area contributed by atoms with Gasteiger partial charge >= 0.3 is 0 Å². The van der Waals surface area contributed by atoms with Gasteiger partial charge in [0.1, 0.15) is 5.75 Å². The highest BCUT2D eigenvalue weighted by molar-refractivity contribution is 6.33. The van der Waals surface area contributed by atoms with Crippen molar-refractivity contribution in [2.24, 2.45) is 5.92 Å². The van der Waals surface area contributed by atoms with Crippen LogP contribution in [0.2, 0.25) is 5.02 Å². The van der Waals surface area contributed by atoms with Crippen LogP contribution in [-0.2, 0) is 0 Å². The maximum absolute atomic E-state index is 6.54. The SMILES string of the molecule is CCC(C)COc1ccc(-c2ccccc2-c2ccccc2-c2ccccc2Cl)cc1. The number of benzene rings is 4. The van der Waals surface area contributed by atoms with Gasteiger partial charge in [0.15, 0.2) is 0 Å². The molecule has 0 fully saturated rings. The van der Waals surface area contributed by atoms with Crippen LogP contribution in [0.4, 0.5) is 0 Å². The first-order chi connectivity index (χ1) is 15.2. The molecule has 0 aliphatic carbocycles. The highest BCUT2D eigenvalue weighted by Gasteiger charge is 2.13. The molecule has 0 bridgehead atoms. The smallest absolute Gasteiger partial charge is 0.119 e. The average Bonchev–Trinajstić information content (AvgIpc) is 2.83. The van der Waals surface area contributed by atoms with Gasteiger partial charge in [-0.05, 0) is 51.9 Å². The minimum atomic E-state index is 0.557. The predicted octanol–water partition coefficient (Wildman–Crippen LogP) is 8.77. The monoisotopic (exact) mass is 426 g/mol. The van der Waals surface area contributed by atoms with Crippen molar-refractivity contribution in [1.82, 2.24) is 0 Å². The molecule has 0 saturated carbocycles. The second-order valence-electron chi connectivity index (χ2n) is 7.92. The summed E-state index contributed by atoms with van der Waals surface area (Å²) in [7, 11) is 0. The van der Waals surface area contributed by atoms with Crippen molar-refractivity contribution < 1.29 is 4.74 Å². The normalized spacial score (nSPS) is 11.8. The van der Waals surface area contributed by atoms with Crippen LogP contribution in [0.15, 0.2) is 97.1 Å². The van der Waals surface area contributed by atoms with Crippen LogP contribution >= 0.6 is 11.6 Å². The lowest BCUT2D eigenvalue weighted by Crippen LogP contribution is -2.06. The van der Waals surface area contributed by atoms with Crippen LogP contribution in [0.5, 0.6) is 5.75 Å². The van der Waals surface area contributed by atoms with E-state index in [-0.39, 0.29) is 0 Å². The van der Waals surface area contributed by atoms with E-state index < -0.39 is 0 Å². The first kappa shape index (κ1) is 21.2. The Labute approximate surface area is 190 Å². The first-order valence-corrected chi connectivity index (χ1v) is 11.2. The summed E-state index contributed by atoms with van der Waals surface area (Å²) in [5, 5.41) is 0.759. The molecule has 31 heavy (non-hydrogen) atoms. The number of hydrogen-bond donors (Lipinski definition) is 0. The predicted molar refractivity (Wildman–Crippen MR) is 133 cm³/mol. The van der Waals surface area contributed by atoms with Gasteiger partial charge in [0.2, 0.25) is 0 Å². The molecule has 0 amide bonds. The van der Waals surface area contributed by atoms with Crippen LogP contribution in [-0.4, -0.2) is 6.61 Å². The molecule has 0 aliphatic heterocycles. The van der Waals surface area contributed by atoms with E-state index in [0.717, 1.165) is 34.9 Å². The van der Waals surface area contributed by atoms with Crippen LogP contribution in [0.1, 0.15) is 20.3 Å². The molecule has 0 aromatic heterocycles. The molecular weight excluding hydrogens is 400 g/mol. The summed E-state index contributed by atoms with van der Waals surface area (Å²) in [6.45, 7) is 5.15. The third-order valence-corrected chi connectivity index (χ3v) is 6.03. The molecular formula is C29H27ClO. The third-order valence-electron chi connectivity index (χ3n) is 5.71. The van der Waals surface area contributed by atoms with E-state index in [9.17, 15) is 0 Å². The number of halogens is 1. The van der Waals surface area contributed by atoms with E-state index in [1.807, 2.05) is 18.2 Å². The lowest BCUT2D eigenvalue weighted by Gasteiger charge is -2.16. The molecule has 2 heteroatoms. The molecule has 0 spiro atoms. The van der Waals surface area contributed by atoms with Crippen LogP contribution in [0.3, 0.4) is 0 Å². The minimum Gasteiger partial charge on any atom is -0.493 e. The Hall–Kier alpha value is -3.03. The lowest BCUT2D eigenvalue weighted by atomic mass is 9.89. The van der Waals surface area contributed by atoms with Crippen molar-refractivity contribution in [3.63, 3.8) is 0 Å². The average molecular weight is 427 g/mol. The summed E-state index contributed by atoms with van der Waals surface area (Å²) in [4.78, 5) is 0. The van der Waals surface area contributed by atoms with Crippen molar-refractivity contribution in [3.05, 3.63) is 102 Å². The molecule has 4 aromatic rings. The van der Waals surface area contributed by atoms with E-state index in [1.54, 1.807) is 0 Å². The summed E-state index contributed by atoms with van der Waals surface area (Å²) in [6, 6.07) is 33.4. The summed E-state index contributed by atoms with van der Waals surface area (Å²) in [5.41, 5.74) is 6.89. The second kappa shape index (κ2) is 9.85. The number of ether oxygens (including phenoxy) is 1. The van der Waals surface area contributed by atoms with Crippen LogP contribution in [0, 0.1) is 5.92 Å². The van der Waals surface area contributed by atoms with E-state index in [1.165, 1.54) is 22.3 Å². The van der Waals surface area contributed by atoms with E-state index >= 15 is 0 Å². The standard InChI is InChI=1S/C29H27ClO/c1-3-21(2)20-31-23-18-16-22(17-19-23)24-10-4-5-11-25(24)26-12-6-7-13-27(26)28-14-8-9-15-29(28)30/h4-19,21H,3,20H2,1-2H3. The Bertz CT molecular complexity index is 1150. The highest BCUT2D eigenvalue weighted by Crippen LogP contribution is 2.40. The topological polar surface area (TPSA) is 9.23 Å². The van der Waals surface area contributed by atoms with Gasteiger partial charge < -0.3 is 4.74 Å². The van der Waals surface area contributed by atoms with Gasteiger partial charge in [-0.3, -0.25) is 0 Å². The van der Waals surface area contributed by atoms with Gasteiger partial charge in [-0.2, -0.15) is 0 Å². The molecule has 0 radical (unpaired) electrons. The second-order valence-corrected chi connectivity index (χ2v) is 8.33. The molecule has 4 rings (SSSR count). The Kier molecular flexibility index (Phi) is 6.74.